The van der Waals surface area contributed by atoms with E-state index in [0.29, 0.717) is 6.00 Å². The molecular formula is C15H17ClN2. The molecule has 2 heterocycles. The van der Waals surface area contributed by atoms with Gasteiger partial charge < -0.3 is 4.57 Å². The maximum Gasteiger partial charge on any atom is 0.0741 e. The Morgan fingerprint density at radius 2 is 2.11 bits per heavy atom. The molecule has 0 atom stereocenters. The number of aromatic nitrogens is 1. The van der Waals surface area contributed by atoms with Crippen LogP contribution in [0.3, 0.4) is 0 Å². The lowest BCUT2D eigenvalue weighted by Crippen LogP contribution is -2.27. The standard InChI is InChI=1S/C15H17ClN2/c1-17-10-14(13-4-2-3-5-15(13)17)12-6-8-18(11-16)9-7-12/h2-6,10H,7-9,11H2,1H3. The van der Waals surface area contributed by atoms with Crippen LogP contribution < -0.4 is 0 Å². The van der Waals surface area contributed by atoms with Crippen molar-refractivity contribution in [3.63, 3.8) is 0 Å². The van der Waals surface area contributed by atoms with Crippen LogP contribution in [-0.4, -0.2) is 28.6 Å². The molecule has 1 aromatic carbocycles. The van der Waals surface area contributed by atoms with Gasteiger partial charge in [0.1, 0.15) is 0 Å². The number of rotatable bonds is 2. The van der Waals surface area contributed by atoms with E-state index in [2.05, 4.69) is 53.1 Å². The van der Waals surface area contributed by atoms with Gasteiger partial charge in [-0.2, -0.15) is 0 Å². The van der Waals surface area contributed by atoms with Crippen LogP contribution >= 0.6 is 11.6 Å². The minimum absolute atomic E-state index is 0.624. The summed E-state index contributed by atoms with van der Waals surface area (Å²) in [6.07, 6.45) is 5.64. The second-order valence-corrected chi connectivity index (χ2v) is 5.09. The molecule has 1 aliphatic rings. The smallest absolute Gasteiger partial charge is 0.0741 e. The molecule has 0 bridgehead atoms. The fourth-order valence-corrected chi connectivity index (χ4v) is 2.88. The Morgan fingerprint density at radius 1 is 1.28 bits per heavy atom. The predicted octanol–water partition coefficient (Wildman–Crippen LogP) is 3.46. The molecule has 0 radical (unpaired) electrons. The number of alkyl halides is 1. The van der Waals surface area contributed by atoms with E-state index in [1.807, 2.05) is 0 Å². The molecule has 0 unspecified atom stereocenters. The first-order valence-electron chi connectivity index (χ1n) is 6.31. The Balaban J connectivity index is 2.03. The monoisotopic (exact) mass is 260 g/mol. The summed E-state index contributed by atoms with van der Waals surface area (Å²) in [5, 5.41) is 1.35. The number of hydrogen-bond acceptors (Lipinski definition) is 1. The summed E-state index contributed by atoms with van der Waals surface area (Å²) in [6.45, 7) is 2.01. The first-order chi connectivity index (χ1) is 8.79. The van der Waals surface area contributed by atoms with Crippen LogP contribution in [0.5, 0.6) is 0 Å². The molecule has 1 aromatic heterocycles. The SMILES string of the molecule is Cn1cc(C2=CCN(CCl)CC2)c2ccccc21. The highest BCUT2D eigenvalue weighted by molar-refractivity contribution is 6.17. The summed E-state index contributed by atoms with van der Waals surface area (Å²) in [5.41, 5.74) is 4.13. The Kier molecular flexibility index (Phi) is 3.14. The van der Waals surface area contributed by atoms with Gasteiger partial charge >= 0.3 is 0 Å². The molecule has 94 valence electrons. The molecule has 1 aliphatic heterocycles. The normalized spacial score (nSPS) is 17.1. The zero-order valence-corrected chi connectivity index (χ0v) is 11.3. The number of benzene rings is 1. The van der Waals surface area contributed by atoms with Gasteiger partial charge in [0, 0.05) is 42.8 Å². The van der Waals surface area contributed by atoms with E-state index in [4.69, 9.17) is 11.6 Å². The average molecular weight is 261 g/mol. The van der Waals surface area contributed by atoms with Crippen molar-refractivity contribution in [1.82, 2.24) is 9.47 Å². The van der Waals surface area contributed by atoms with Gasteiger partial charge in [0.05, 0.1) is 6.00 Å². The third-order valence-electron chi connectivity index (χ3n) is 3.71. The van der Waals surface area contributed by atoms with Gasteiger partial charge in [-0.15, -0.1) is 11.6 Å². The fourth-order valence-electron chi connectivity index (χ4n) is 2.66. The van der Waals surface area contributed by atoms with Gasteiger partial charge in [0.2, 0.25) is 0 Å². The molecule has 0 fully saturated rings. The number of nitrogens with zero attached hydrogens (tertiary/aromatic N) is 2. The lowest BCUT2D eigenvalue weighted by atomic mass is 9.99. The molecule has 0 N–H and O–H groups in total. The summed E-state index contributed by atoms with van der Waals surface area (Å²) in [6, 6.07) is 9.21. The van der Waals surface area contributed by atoms with Gasteiger partial charge in [-0.3, -0.25) is 4.90 Å². The van der Waals surface area contributed by atoms with Crippen molar-refractivity contribution in [3.8, 4) is 0 Å². The molecule has 3 heteroatoms. The maximum absolute atomic E-state index is 5.87. The highest BCUT2D eigenvalue weighted by Gasteiger charge is 2.15. The van der Waals surface area contributed by atoms with Gasteiger partial charge in [-0.05, 0) is 18.1 Å². The molecule has 3 rings (SSSR count). The van der Waals surface area contributed by atoms with Crippen molar-refractivity contribution >= 4 is 28.1 Å². The van der Waals surface area contributed by atoms with Crippen molar-refractivity contribution in [3.05, 3.63) is 42.1 Å². The van der Waals surface area contributed by atoms with E-state index in [-0.39, 0.29) is 0 Å². The Hall–Kier alpha value is -1.25. The number of para-hydroxylation sites is 1. The second kappa shape index (κ2) is 4.79. The van der Waals surface area contributed by atoms with Crippen molar-refractivity contribution < 1.29 is 0 Å². The van der Waals surface area contributed by atoms with Crippen molar-refractivity contribution in [1.29, 1.82) is 0 Å². The number of hydrogen-bond donors (Lipinski definition) is 0. The number of fused-ring (bicyclic) bond motifs is 1. The molecule has 0 saturated heterocycles. The summed E-state index contributed by atoms with van der Waals surface area (Å²) < 4.78 is 2.21. The van der Waals surface area contributed by atoms with E-state index < -0.39 is 0 Å². The van der Waals surface area contributed by atoms with Crippen LogP contribution in [0, 0.1) is 0 Å². The molecule has 18 heavy (non-hydrogen) atoms. The Morgan fingerprint density at radius 3 is 2.83 bits per heavy atom. The summed E-state index contributed by atoms with van der Waals surface area (Å²) in [4.78, 5) is 2.25. The van der Waals surface area contributed by atoms with Gasteiger partial charge in [-0.25, -0.2) is 0 Å². The largest absolute Gasteiger partial charge is 0.350 e. The van der Waals surface area contributed by atoms with Crippen LogP contribution in [0.15, 0.2) is 36.5 Å². The number of aryl methyl sites for hydroxylation is 1. The third kappa shape index (κ3) is 1.96. The average Bonchev–Trinajstić information content (AvgIpc) is 2.77. The first-order valence-corrected chi connectivity index (χ1v) is 6.85. The van der Waals surface area contributed by atoms with E-state index >= 15 is 0 Å². The van der Waals surface area contributed by atoms with E-state index in [1.165, 1.54) is 22.0 Å². The lowest BCUT2D eigenvalue weighted by molar-refractivity contribution is 0.352. The van der Waals surface area contributed by atoms with Crippen molar-refractivity contribution in [2.45, 2.75) is 6.42 Å². The molecule has 0 spiro atoms. The van der Waals surface area contributed by atoms with Crippen molar-refractivity contribution in [2.24, 2.45) is 7.05 Å². The topological polar surface area (TPSA) is 8.17 Å². The predicted molar refractivity (Wildman–Crippen MR) is 77.8 cm³/mol. The minimum Gasteiger partial charge on any atom is -0.350 e. The van der Waals surface area contributed by atoms with Gasteiger partial charge in [0.25, 0.3) is 0 Å². The molecule has 0 saturated carbocycles. The quantitative estimate of drug-likeness (QED) is 0.593. The van der Waals surface area contributed by atoms with Crippen LogP contribution in [0.4, 0.5) is 0 Å². The van der Waals surface area contributed by atoms with Gasteiger partial charge in [-0.1, -0.05) is 24.3 Å². The molecule has 2 aromatic rings. The Bertz CT molecular complexity index is 598. The summed E-state index contributed by atoms with van der Waals surface area (Å²) >= 11 is 5.87. The molecule has 2 nitrogen and oxygen atoms in total. The van der Waals surface area contributed by atoms with Crippen LogP contribution in [0.25, 0.3) is 16.5 Å². The van der Waals surface area contributed by atoms with E-state index in [1.54, 1.807) is 0 Å². The fraction of sp³-hybridized carbons (Fsp3) is 0.333. The summed E-state index contributed by atoms with van der Waals surface area (Å²) in [5.74, 6) is 0. The van der Waals surface area contributed by atoms with Crippen LogP contribution in [-0.2, 0) is 7.05 Å². The second-order valence-electron chi connectivity index (χ2n) is 4.85. The lowest BCUT2D eigenvalue weighted by Gasteiger charge is -2.23. The van der Waals surface area contributed by atoms with Crippen molar-refractivity contribution in [2.75, 3.05) is 19.1 Å². The van der Waals surface area contributed by atoms with Gasteiger partial charge in [0.15, 0.2) is 0 Å². The molecular weight excluding hydrogens is 244 g/mol. The number of halogens is 1. The third-order valence-corrected chi connectivity index (χ3v) is 4.04. The van der Waals surface area contributed by atoms with E-state index in [9.17, 15) is 0 Å². The molecule has 0 aliphatic carbocycles. The van der Waals surface area contributed by atoms with Crippen LogP contribution in [0.1, 0.15) is 12.0 Å². The van der Waals surface area contributed by atoms with E-state index in [0.717, 1.165) is 19.5 Å². The first kappa shape index (κ1) is 11.8. The minimum atomic E-state index is 0.624. The zero-order valence-electron chi connectivity index (χ0n) is 10.6. The Labute approximate surface area is 112 Å². The van der Waals surface area contributed by atoms with Crippen LogP contribution in [0.2, 0.25) is 0 Å². The maximum atomic E-state index is 5.87. The zero-order chi connectivity index (χ0) is 12.5. The highest BCUT2D eigenvalue weighted by atomic mass is 35.5. The highest BCUT2D eigenvalue weighted by Crippen LogP contribution is 2.30. The molecule has 0 amide bonds. The summed E-state index contributed by atoms with van der Waals surface area (Å²) in [7, 11) is 2.11.